The number of aromatic nitrogens is 3. The van der Waals surface area contributed by atoms with Gasteiger partial charge in [-0.3, -0.25) is 5.32 Å². The monoisotopic (exact) mass is 582 g/mol. The molecule has 9 heteroatoms. The Balaban J connectivity index is 1.19. The molecular formula is C34H38N4O5. The Morgan fingerprint density at radius 2 is 1.79 bits per heavy atom. The maximum absolute atomic E-state index is 12.5. The second-order valence-electron chi connectivity index (χ2n) is 12.7. The molecule has 9 nitrogen and oxygen atoms in total. The first kappa shape index (κ1) is 26.8. The molecular weight excluding hydrogens is 544 g/mol. The van der Waals surface area contributed by atoms with Gasteiger partial charge in [0.15, 0.2) is 0 Å². The molecule has 0 spiro atoms. The van der Waals surface area contributed by atoms with Crippen molar-refractivity contribution in [1.82, 2.24) is 14.7 Å². The second kappa shape index (κ2) is 11.0. The maximum atomic E-state index is 12.5. The smallest absolute Gasteiger partial charge is 0.411 e. The molecule has 224 valence electrons. The van der Waals surface area contributed by atoms with Gasteiger partial charge < -0.3 is 23.3 Å². The Bertz CT molecular complexity index is 1620. The highest BCUT2D eigenvalue weighted by Gasteiger charge is 2.34. The van der Waals surface area contributed by atoms with Gasteiger partial charge in [-0.1, -0.05) is 17.3 Å². The van der Waals surface area contributed by atoms with Gasteiger partial charge >= 0.3 is 6.09 Å². The Hall–Kier alpha value is -3.85. The highest BCUT2D eigenvalue weighted by Crippen LogP contribution is 2.48. The Kier molecular flexibility index (Phi) is 6.85. The van der Waals surface area contributed by atoms with E-state index in [0.29, 0.717) is 29.4 Å². The quantitative estimate of drug-likeness (QED) is 0.214. The molecule has 0 bridgehead atoms. The van der Waals surface area contributed by atoms with E-state index in [4.69, 9.17) is 23.7 Å². The van der Waals surface area contributed by atoms with Gasteiger partial charge in [0.05, 0.1) is 30.0 Å². The van der Waals surface area contributed by atoms with Crippen molar-refractivity contribution in [3.8, 4) is 28.4 Å². The van der Waals surface area contributed by atoms with E-state index in [1.165, 1.54) is 6.42 Å². The van der Waals surface area contributed by atoms with Crippen LogP contribution in [0.2, 0.25) is 0 Å². The van der Waals surface area contributed by atoms with E-state index < -0.39 is 6.09 Å². The predicted molar refractivity (Wildman–Crippen MR) is 162 cm³/mol. The van der Waals surface area contributed by atoms with Gasteiger partial charge in [-0.25, -0.2) is 4.79 Å². The number of benzene rings is 2. The zero-order chi connectivity index (χ0) is 28.9. The van der Waals surface area contributed by atoms with Crippen LogP contribution in [0.25, 0.3) is 33.5 Å². The van der Waals surface area contributed by atoms with Crippen LogP contribution in [-0.2, 0) is 9.47 Å². The molecule has 4 aromatic rings. The number of amides is 1. The minimum atomic E-state index is -0.409. The first-order chi connectivity index (χ1) is 21.1. The van der Waals surface area contributed by atoms with Crippen molar-refractivity contribution in [3.05, 3.63) is 48.4 Å². The number of ether oxygens (including phenoxy) is 3. The largest absolute Gasteiger partial charge is 0.490 e. The van der Waals surface area contributed by atoms with Gasteiger partial charge in [-0.05, 0) is 87.6 Å². The molecule has 43 heavy (non-hydrogen) atoms. The fourth-order valence-corrected chi connectivity index (χ4v) is 6.41. The van der Waals surface area contributed by atoms with Gasteiger partial charge in [0.1, 0.15) is 18.0 Å². The number of carbonyl (C=O) groups excluding carboxylic acids is 1. The third-order valence-electron chi connectivity index (χ3n) is 9.46. The number of hydrogen-bond donors (Lipinski definition) is 1. The van der Waals surface area contributed by atoms with Crippen LogP contribution in [-0.4, -0.2) is 46.2 Å². The summed E-state index contributed by atoms with van der Waals surface area (Å²) in [4.78, 5) is 17.4. The van der Waals surface area contributed by atoms with Crippen molar-refractivity contribution in [3.63, 3.8) is 0 Å². The van der Waals surface area contributed by atoms with Crippen LogP contribution in [0.1, 0.15) is 82.6 Å². The van der Waals surface area contributed by atoms with E-state index in [0.717, 1.165) is 104 Å². The fourth-order valence-electron chi connectivity index (χ4n) is 6.41. The van der Waals surface area contributed by atoms with E-state index in [9.17, 15) is 4.79 Å². The zero-order valence-electron chi connectivity index (χ0n) is 24.6. The highest BCUT2D eigenvalue weighted by atomic mass is 16.6. The van der Waals surface area contributed by atoms with Gasteiger partial charge in [0.25, 0.3) is 0 Å². The van der Waals surface area contributed by atoms with Crippen LogP contribution in [0.5, 0.6) is 5.75 Å². The zero-order valence-corrected chi connectivity index (χ0v) is 24.6. The van der Waals surface area contributed by atoms with E-state index in [-0.39, 0.29) is 12.2 Å². The van der Waals surface area contributed by atoms with Gasteiger partial charge in [0.2, 0.25) is 11.7 Å². The number of rotatable bonds is 9. The number of carbonyl (C=O) groups is 1. The summed E-state index contributed by atoms with van der Waals surface area (Å²) in [5, 5.41) is 8.49. The molecule has 1 aliphatic heterocycles. The van der Waals surface area contributed by atoms with Crippen LogP contribution in [0, 0.1) is 5.92 Å². The van der Waals surface area contributed by atoms with E-state index in [1.54, 1.807) is 0 Å². The average Bonchev–Trinajstić information content (AvgIpc) is 3.93. The number of hydrogen-bond acceptors (Lipinski definition) is 7. The summed E-state index contributed by atoms with van der Waals surface area (Å²) in [6.07, 6.45) is 9.39. The molecule has 1 unspecified atom stereocenters. The van der Waals surface area contributed by atoms with Gasteiger partial charge in [-0.2, -0.15) is 4.98 Å². The third kappa shape index (κ3) is 5.39. The number of nitrogens with zero attached hydrogens (tertiary/aromatic N) is 3. The van der Waals surface area contributed by atoms with Crippen molar-refractivity contribution in [1.29, 1.82) is 0 Å². The number of anilines is 1. The summed E-state index contributed by atoms with van der Waals surface area (Å²) < 4.78 is 25.8. The van der Waals surface area contributed by atoms with Crippen LogP contribution in [0.3, 0.4) is 0 Å². The number of fused-ring (bicyclic) bond motifs is 1. The SMILES string of the molecule is CC(OC(=O)Nc1ccc(-c2c(-c3noc(C4CC4)n3)c3ccc(OC4CCOCC4)cc3n2C2CCC2)cc1)C1CC1. The first-order valence-corrected chi connectivity index (χ1v) is 15.9. The molecule has 3 aliphatic carbocycles. The van der Waals surface area contributed by atoms with Crippen LogP contribution in [0.15, 0.2) is 47.0 Å². The highest BCUT2D eigenvalue weighted by molar-refractivity contribution is 6.04. The Morgan fingerprint density at radius 1 is 1.00 bits per heavy atom. The van der Waals surface area contributed by atoms with E-state index >= 15 is 0 Å². The minimum absolute atomic E-state index is 0.0594. The summed E-state index contributed by atoms with van der Waals surface area (Å²) in [5.74, 6) is 3.09. The van der Waals surface area contributed by atoms with Gasteiger partial charge in [0, 0.05) is 41.9 Å². The molecule has 1 saturated heterocycles. The van der Waals surface area contributed by atoms with Crippen molar-refractivity contribution in [2.75, 3.05) is 18.5 Å². The summed E-state index contributed by atoms with van der Waals surface area (Å²) in [6, 6.07) is 14.8. The van der Waals surface area contributed by atoms with Crippen LogP contribution in [0.4, 0.5) is 10.5 Å². The molecule has 1 N–H and O–H groups in total. The summed E-state index contributed by atoms with van der Waals surface area (Å²) >= 11 is 0. The lowest BCUT2D eigenvalue weighted by Gasteiger charge is -2.30. The molecule has 2 aromatic heterocycles. The summed E-state index contributed by atoms with van der Waals surface area (Å²) in [7, 11) is 0. The second-order valence-corrected chi connectivity index (χ2v) is 12.7. The van der Waals surface area contributed by atoms with E-state index in [1.807, 2.05) is 19.1 Å². The maximum Gasteiger partial charge on any atom is 0.411 e. The lowest BCUT2D eigenvalue weighted by atomic mass is 9.92. The Morgan fingerprint density at radius 3 is 2.49 bits per heavy atom. The lowest BCUT2D eigenvalue weighted by molar-refractivity contribution is 0.0256. The predicted octanol–water partition coefficient (Wildman–Crippen LogP) is 7.87. The summed E-state index contributed by atoms with van der Waals surface area (Å²) in [5.41, 5.74) is 4.91. The van der Waals surface area contributed by atoms with Crippen molar-refractivity contribution in [2.45, 2.75) is 88.9 Å². The van der Waals surface area contributed by atoms with Crippen molar-refractivity contribution >= 4 is 22.7 Å². The van der Waals surface area contributed by atoms with E-state index in [2.05, 4.69) is 45.4 Å². The normalized spacial score (nSPS) is 20.1. The first-order valence-electron chi connectivity index (χ1n) is 15.9. The molecule has 3 saturated carbocycles. The Labute approximate surface area is 250 Å². The molecule has 1 amide bonds. The average molecular weight is 583 g/mol. The molecule has 4 fully saturated rings. The molecule has 2 aromatic carbocycles. The van der Waals surface area contributed by atoms with Crippen LogP contribution < -0.4 is 10.1 Å². The summed E-state index contributed by atoms with van der Waals surface area (Å²) in [6.45, 7) is 3.44. The fraction of sp³-hybridized carbons (Fsp3) is 0.500. The minimum Gasteiger partial charge on any atom is -0.490 e. The van der Waals surface area contributed by atoms with Crippen LogP contribution >= 0.6 is 0 Å². The third-order valence-corrected chi connectivity index (χ3v) is 9.46. The lowest BCUT2D eigenvalue weighted by Crippen LogP contribution is -2.25. The topological polar surface area (TPSA) is 101 Å². The molecule has 8 rings (SSSR count). The molecule has 3 heterocycles. The molecule has 0 radical (unpaired) electrons. The number of nitrogens with one attached hydrogen (secondary N) is 1. The standard InChI is InChI=1S/C34H38N4O5/c1-20(21-5-6-21)41-34(39)35-24-11-9-22(10-12-24)31-30(32-36-33(43-37-32)23-7-8-23)28-14-13-27(42-26-15-17-40-18-16-26)19-29(28)38(31)25-3-2-4-25/h9-14,19-21,23,25-26H,2-8,15-18H2,1H3,(H,35,39). The van der Waals surface area contributed by atoms with Crippen molar-refractivity contribution < 1.29 is 23.5 Å². The molecule has 4 aliphatic rings. The molecule has 1 atom stereocenters. The van der Waals surface area contributed by atoms with Gasteiger partial charge in [-0.15, -0.1) is 0 Å². The van der Waals surface area contributed by atoms with Crippen molar-refractivity contribution in [2.24, 2.45) is 5.92 Å².